The summed E-state index contributed by atoms with van der Waals surface area (Å²) >= 11 is 0. The molecule has 1 N–H and O–H groups in total. The van der Waals surface area contributed by atoms with Gasteiger partial charge in [0.15, 0.2) is 0 Å². The van der Waals surface area contributed by atoms with E-state index in [1.807, 2.05) is 32.0 Å². The first kappa shape index (κ1) is 22.3. The van der Waals surface area contributed by atoms with Crippen molar-refractivity contribution in [3.05, 3.63) is 35.9 Å². The number of benzene rings is 1. The molecule has 6 nitrogen and oxygen atoms in total. The lowest BCUT2D eigenvalue weighted by atomic mass is 9.98. The maximum Gasteiger partial charge on any atom is 0.232 e. The molecule has 1 saturated heterocycles. The minimum Gasteiger partial charge on any atom is -0.389 e. The highest BCUT2D eigenvalue weighted by molar-refractivity contribution is 5.68. The molecular weight excluding hydrogens is 390 g/mol. The Kier molecular flexibility index (Phi) is 7.31. The van der Waals surface area contributed by atoms with Crippen LogP contribution in [0.1, 0.15) is 52.0 Å². The molecule has 0 bridgehead atoms. The second-order valence-corrected chi connectivity index (χ2v) is 9.55. The van der Waals surface area contributed by atoms with Crippen LogP contribution in [0.25, 0.3) is 11.3 Å². The number of aromatic nitrogens is 1. The highest BCUT2D eigenvalue weighted by Gasteiger charge is 2.34. The first-order valence-electron chi connectivity index (χ1n) is 11.8. The summed E-state index contributed by atoms with van der Waals surface area (Å²) < 4.78 is 11.6. The third-order valence-corrected chi connectivity index (χ3v) is 6.38. The lowest BCUT2D eigenvalue weighted by molar-refractivity contribution is -0.0106. The van der Waals surface area contributed by atoms with E-state index >= 15 is 0 Å². The zero-order chi connectivity index (χ0) is 21.8. The van der Waals surface area contributed by atoms with Gasteiger partial charge in [-0.05, 0) is 45.4 Å². The summed E-state index contributed by atoms with van der Waals surface area (Å²) in [6.45, 7) is 10.0. The standard InChI is InChI=1S/C25H37N3O3/c1-18(2)30-17-22(29)15-28(21-9-10-21)16-23-24(20-7-5-4-6-8-20)26-31-25(23)27-13-11-19(3)12-14-27/h4-8,18-19,21-22,29H,9-17H2,1-3H3. The summed E-state index contributed by atoms with van der Waals surface area (Å²) in [5, 5.41) is 15.1. The number of piperidine rings is 1. The van der Waals surface area contributed by atoms with E-state index < -0.39 is 6.10 Å². The van der Waals surface area contributed by atoms with Crippen molar-refractivity contribution in [2.24, 2.45) is 5.92 Å². The summed E-state index contributed by atoms with van der Waals surface area (Å²) in [6.07, 6.45) is 4.35. The van der Waals surface area contributed by atoms with Crippen LogP contribution in [0, 0.1) is 5.92 Å². The van der Waals surface area contributed by atoms with Crippen LogP contribution in [0.2, 0.25) is 0 Å². The minimum absolute atomic E-state index is 0.125. The van der Waals surface area contributed by atoms with E-state index in [9.17, 15) is 5.11 Å². The van der Waals surface area contributed by atoms with Crippen LogP contribution in [0.5, 0.6) is 0 Å². The molecule has 0 spiro atoms. The topological polar surface area (TPSA) is 62.0 Å². The first-order valence-corrected chi connectivity index (χ1v) is 11.8. The Balaban J connectivity index is 1.57. The molecule has 1 aliphatic heterocycles. The molecular formula is C25H37N3O3. The molecule has 4 rings (SSSR count). The Bertz CT molecular complexity index is 811. The normalized spacial score (nSPS) is 18.8. The molecule has 1 aliphatic carbocycles. The highest BCUT2D eigenvalue weighted by Crippen LogP contribution is 2.37. The molecule has 1 atom stereocenters. The van der Waals surface area contributed by atoms with Crippen molar-refractivity contribution >= 4 is 5.88 Å². The Labute approximate surface area is 186 Å². The second kappa shape index (κ2) is 10.2. The Morgan fingerprint density at radius 1 is 1.16 bits per heavy atom. The zero-order valence-electron chi connectivity index (χ0n) is 19.2. The van der Waals surface area contributed by atoms with E-state index in [4.69, 9.17) is 9.26 Å². The van der Waals surface area contributed by atoms with Gasteiger partial charge in [0.05, 0.1) is 24.4 Å². The number of aliphatic hydroxyl groups is 1. The van der Waals surface area contributed by atoms with Crippen LogP contribution in [-0.2, 0) is 11.3 Å². The third kappa shape index (κ3) is 5.88. The van der Waals surface area contributed by atoms with Crippen LogP contribution in [-0.4, -0.2) is 59.7 Å². The van der Waals surface area contributed by atoms with Gasteiger partial charge >= 0.3 is 0 Å². The fourth-order valence-corrected chi connectivity index (χ4v) is 4.34. The smallest absolute Gasteiger partial charge is 0.232 e. The van der Waals surface area contributed by atoms with Crippen LogP contribution in [0.4, 0.5) is 5.88 Å². The van der Waals surface area contributed by atoms with Crippen molar-refractivity contribution in [1.82, 2.24) is 10.1 Å². The maximum absolute atomic E-state index is 10.6. The summed E-state index contributed by atoms with van der Waals surface area (Å²) in [6, 6.07) is 10.8. The monoisotopic (exact) mass is 427 g/mol. The predicted octanol–water partition coefficient (Wildman–Crippen LogP) is 4.33. The van der Waals surface area contributed by atoms with Gasteiger partial charge < -0.3 is 19.3 Å². The van der Waals surface area contributed by atoms with Crippen LogP contribution in [0.15, 0.2) is 34.9 Å². The number of ether oxygens (including phenoxy) is 1. The van der Waals surface area contributed by atoms with E-state index in [1.54, 1.807) is 0 Å². The van der Waals surface area contributed by atoms with Crippen LogP contribution in [0.3, 0.4) is 0 Å². The largest absolute Gasteiger partial charge is 0.389 e. The van der Waals surface area contributed by atoms with E-state index in [-0.39, 0.29) is 6.10 Å². The molecule has 6 heteroatoms. The molecule has 2 aliphatic rings. The van der Waals surface area contributed by atoms with E-state index in [2.05, 4.69) is 34.0 Å². The van der Waals surface area contributed by atoms with Crippen LogP contribution >= 0.6 is 0 Å². The summed E-state index contributed by atoms with van der Waals surface area (Å²) in [5.74, 6) is 1.67. The quantitative estimate of drug-likeness (QED) is 0.609. The van der Waals surface area contributed by atoms with Gasteiger partial charge in [0.1, 0.15) is 5.69 Å². The zero-order valence-corrected chi connectivity index (χ0v) is 19.2. The van der Waals surface area contributed by atoms with Gasteiger partial charge in [-0.25, -0.2) is 0 Å². The SMILES string of the molecule is CC1CCN(c2onc(-c3ccccc3)c2CN(CC(O)COC(C)C)C2CC2)CC1. The van der Waals surface area contributed by atoms with Gasteiger partial charge in [-0.15, -0.1) is 0 Å². The molecule has 1 aromatic heterocycles. The van der Waals surface area contributed by atoms with Gasteiger partial charge in [-0.3, -0.25) is 4.90 Å². The van der Waals surface area contributed by atoms with Gasteiger partial charge in [-0.2, -0.15) is 0 Å². The highest BCUT2D eigenvalue weighted by atomic mass is 16.5. The van der Waals surface area contributed by atoms with Crippen molar-refractivity contribution in [1.29, 1.82) is 0 Å². The lowest BCUT2D eigenvalue weighted by Gasteiger charge is -2.31. The van der Waals surface area contributed by atoms with Gasteiger partial charge in [0.2, 0.25) is 5.88 Å². The molecule has 1 aromatic carbocycles. The lowest BCUT2D eigenvalue weighted by Crippen LogP contribution is -2.37. The van der Waals surface area contributed by atoms with Crippen LogP contribution < -0.4 is 4.90 Å². The van der Waals surface area contributed by atoms with Gasteiger partial charge in [0, 0.05) is 37.8 Å². The van der Waals surface area contributed by atoms with Crippen molar-refractivity contribution in [2.75, 3.05) is 31.1 Å². The Morgan fingerprint density at radius 3 is 2.52 bits per heavy atom. The van der Waals surface area contributed by atoms with Crippen molar-refractivity contribution in [3.63, 3.8) is 0 Å². The Morgan fingerprint density at radius 2 is 1.87 bits per heavy atom. The maximum atomic E-state index is 10.6. The molecule has 2 aromatic rings. The third-order valence-electron chi connectivity index (χ3n) is 6.38. The molecule has 1 unspecified atom stereocenters. The second-order valence-electron chi connectivity index (χ2n) is 9.55. The summed E-state index contributed by atoms with van der Waals surface area (Å²) in [4.78, 5) is 4.75. The molecule has 0 radical (unpaired) electrons. The van der Waals surface area contributed by atoms with Crippen molar-refractivity contribution in [3.8, 4) is 11.3 Å². The van der Waals surface area contributed by atoms with Gasteiger partial charge in [0.25, 0.3) is 0 Å². The molecule has 31 heavy (non-hydrogen) atoms. The summed E-state index contributed by atoms with van der Waals surface area (Å²) in [5.41, 5.74) is 3.15. The number of nitrogens with zero attached hydrogens (tertiary/aromatic N) is 3. The molecule has 0 amide bonds. The summed E-state index contributed by atoms with van der Waals surface area (Å²) in [7, 11) is 0. The average molecular weight is 428 g/mol. The average Bonchev–Trinajstić information content (AvgIpc) is 3.54. The number of anilines is 1. The van der Waals surface area contributed by atoms with Gasteiger partial charge in [-0.1, -0.05) is 42.4 Å². The molecule has 170 valence electrons. The number of hydrogen-bond acceptors (Lipinski definition) is 6. The number of aliphatic hydroxyl groups excluding tert-OH is 1. The fourth-order valence-electron chi connectivity index (χ4n) is 4.34. The molecule has 2 fully saturated rings. The fraction of sp³-hybridized carbons (Fsp3) is 0.640. The molecule has 2 heterocycles. The van der Waals surface area contributed by atoms with E-state index in [1.165, 1.54) is 25.7 Å². The first-order chi connectivity index (χ1) is 15.0. The number of rotatable bonds is 10. The van der Waals surface area contributed by atoms with E-state index in [0.717, 1.165) is 48.3 Å². The van der Waals surface area contributed by atoms with E-state index in [0.29, 0.717) is 19.2 Å². The minimum atomic E-state index is -0.498. The van der Waals surface area contributed by atoms with Crippen molar-refractivity contribution < 1.29 is 14.4 Å². The Hall–Kier alpha value is -1.89. The number of hydrogen-bond donors (Lipinski definition) is 1. The predicted molar refractivity (Wildman–Crippen MR) is 123 cm³/mol. The van der Waals surface area contributed by atoms with Crippen molar-refractivity contribution in [2.45, 2.75) is 71.2 Å². The molecule has 1 saturated carbocycles.